The minimum atomic E-state index is -3.93. The predicted molar refractivity (Wildman–Crippen MR) is 98.8 cm³/mol. The van der Waals surface area contributed by atoms with Crippen molar-refractivity contribution in [2.24, 2.45) is 0 Å². The first-order valence-corrected chi connectivity index (χ1v) is 9.67. The number of sulfonamides is 1. The van der Waals surface area contributed by atoms with E-state index in [4.69, 9.17) is 0 Å². The second kappa shape index (κ2) is 6.25. The summed E-state index contributed by atoms with van der Waals surface area (Å²) in [5.74, 6) is -0.986. The number of nitrogens with zero attached hydrogens (tertiary/aromatic N) is 1. The molecular formula is C19H20N2O4S. The number of rotatable bonds is 3. The minimum Gasteiger partial charge on any atom is -0.322 e. The average molecular weight is 372 g/mol. The van der Waals surface area contributed by atoms with Gasteiger partial charge in [-0.25, -0.2) is 12.7 Å². The van der Waals surface area contributed by atoms with Crippen LogP contribution >= 0.6 is 0 Å². The Morgan fingerprint density at radius 2 is 1.65 bits per heavy atom. The Morgan fingerprint density at radius 1 is 1.04 bits per heavy atom. The van der Waals surface area contributed by atoms with Crippen LogP contribution in [0.5, 0.6) is 0 Å². The van der Waals surface area contributed by atoms with Crippen molar-refractivity contribution in [1.82, 2.24) is 4.31 Å². The highest BCUT2D eigenvalue weighted by molar-refractivity contribution is 7.90. The fourth-order valence-electron chi connectivity index (χ4n) is 3.15. The van der Waals surface area contributed by atoms with Crippen LogP contribution in [0.1, 0.15) is 45.7 Å². The summed E-state index contributed by atoms with van der Waals surface area (Å²) in [6.45, 7) is 7.12. The second-order valence-corrected chi connectivity index (χ2v) is 8.52. The predicted octanol–water partition coefficient (Wildman–Crippen LogP) is 3.11. The molecule has 1 aliphatic heterocycles. The molecule has 2 aromatic rings. The maximum atomic E-state index is 12.6. The van der Waals surface area contributed by atoms with Gasteiger partial charge in [0.15, 0.2) is 0 Å². The Kier molecular flexibility index (Phi) is 4.36. The molecule has 0 aromatic heterocycles. The van der Waals surface area contributed by atoms with Crippen LogP contribution in [0, 0.1) is 13.8 Å². The first kappa shape index (κ1) is 18.1. The molecule has 0 fully saturated rings. The number of fused-ring (bicyclic) bond motifs is 1. The second-order valence-electron chi connectivity index (χ2n) is 6.74. The molecule has 0 bridgehead atoms. The molecular weight excluding hydrogens is 352 g/mol. The molecule has 1 N–H and O–H groups in total. The number of nitrogens with one attached hydrogen (secondary N) is 1. The van der Waals surface area contributed by atoms with Gasteiger partial charge in [-0.1, -0.05) is 6.07 Å². The third-order valence-corrected chi connectivity index (χ3v) is 6.16. The topological polar surface area (TPSA) is 83.6 Å². The maximum absolute atomic E-state index is 12.6. The third-order valence-electron chi connectivity index (χ3n) is 4.16. The lowest BCUT2D eigenvalue weighted by atomic mass is 10.1. The molecule has 1 heterocycles. The number of hydrogen-bond acceptors (Lipinski definition) is 4. The zero-order valence-electron chi connectivity index (χ0n) is 15.0. The summed E-state index contributed by atoms with van der Waals surface area (Å²) < 4.78 is 26.1. The van der Waals surface area contributed by atoms with Crippen molar-refractivity contribution < 1.29 is 18.0 Å². The van der Waals surface area contributed by atoms with Crippen LogP contribution in [0.25, 0.3) is 0 Å². The van der Waals surface area contributed by atoms with Gasteiger partial charge in [0.1, 0.15) is 4.90 Å². The van der Waals surface area contributed by atoms with E-state index in [0.717, 1.165) is 15.4 Å². The molecule has 2 aromatic carbocycles. The van der Waals surface area contributed by atoms with Crippen LogP contribution in [0.2, 0.25) is 0 Å². The largest absolute Gasteiger partial charge is 0.322 e. The lowest BCUT2D eigenvalue weighted by Gasteiger charge is -2.18. The number of benzene rings is 2. The summed E-state index contributed by atoms with van der Waals surface area (Å²) >= 11 is 0. The summed E-state index contributed by atoms with van der Waals surface area (Å²) in [5.41, 5.74) is 2.94. The monoisotopic (exact) mass is 372 g/mol. The number of amides is 2. The highest BCUT2D eigenvalue weighted by Gasteiger charge is 2.42. The van der Waals surface area contributed by atoms with Gasteiger partial charge < -0.3 is 5.32 Å². The summed E-state index contributed by atoms with van der Waals surface area (Å²) in [6, 6.07) is 9.29. The van der Waals surface area contributed by atoms with Crippen LogP contribution in [0.3, 0.4) is 0 Å². The van der Waals surface area contributed by atoms with Crippen molar-refractivity contribution in [2.75, 3.05) is 5.32 Å². The van der Waals surface area contributed by atoms with Crippen molar-refractivity contribution in [3.05, 3.63) is 58.7 Å². The molecule has 1 aliphatic rings. The van der Waals surface area contributed by atoms with Crippen LogP contribution in [0.15, 0.2) is 41.3 Å². The van der Waals surface area contributed by atoms with E-state index in [2.05, 4.69) is 5.32 Å². The Hall–Kier alpha value is -2.67. The number of carbonyl (C=O) groups excluding carboxylic acids is 2. The van der Waals surface area contributed by atoms with Gasteiger partial charge in [-0.3, -0.25) is 9.59 Å². The van der Waals surface area contributed by atoms with Gasteiger partial charge in [0.2, 0.25) is 0 Å². The third kappa shape index (κ3) is 2.99. The normalized spacial score (nSPS) is 15.3. The van der Waals surface area contributed by atoms with Gasteiger partial charge in [-0.2, -0.15) is 0 Å². The Bertz CT molecular complexity index is 1010. The van der Waals surface area contributed by atoms with E-state index in [-0.39, 0.29) is 16.0 Å². The molecule has 0 spiro atoms. The van der Waals surface area contributed by atoms with E-state index < -0.39 is 27.9 Å². The van der Waals surface area contributed by atoms with E-state index in [1.165, 1.54) is 18.2 Å². The molecule has 26 heavy (non-hydrogen) atoms. The standard InChI is InChI=1S/C19H20N2O4S/c1-11(2)21-19(23)16-6-5-14(10-17(16)26(21,24)25)18(22)20-15-8-12(3)7-13(4)9-15/h5-11H,1-4H3,(H,20,22). The zero-order chi connectivity index (χ0) is 19.2. The molecule has 0 saturated carbocycles. The SMILES string of the molecule is Cc1cc(C)cc(NC(=O)c2ccc3c(c2)S(=O)(=O)N(C(C)C)C3=O)c1. The van der Waals surface area contributed by atoms with E-state index in [9.17, 15) is 18.0 Å². The fraction of sp³-hybridized carbons (Fsp3) is 0.263. The Morgan fingerprint density at radius 3 is 2.23 bits per heavy atom. The smallest absolute Gasteiger partial charge is 0.269 e. The summed E-state index contributed by atoms with van der Waals surface area (Å²) in [6.07, 6.45) is 0. The van der Waals surface area contributed by atoms with Crippen molar-refractivity contribution in [2.45, 2.75) is 38.6 Å². The first-order chi connectivity index (χ1) is 12.1. The Balaban J connectivity index is 1.96. The fourth-order valence-corrected chi connectivity index (χ4v) is 4.94. The summed E-state index contributed by atoms with van der Waals surface area (Å²) in [5, 5.41) is 2.77. The molecule has 0 atom stereocenters. The van der Waals surface area contributed by atoms with Crippen LogP contribution in [-0.2, 0) is 10.0 Å². The minimum absolute atomic E-state index is 0.0988. The molecule has 0 unspecified atom stereocenters. The molecule has 3 rings (SSSR count). The number of anilines is 1. The lowest BCUT2D eigenvalue weighted by Crippen LogP contribution is -2.36. The van der Waals surface area contributed by atoms with Gasteiger partial charge in [-0.05, 0) is 69.2 Å². The van der Waals surface area contributed by atoms with Gasteiger partial charge in [-0.15, -0.1) is 0 Å². The first-order valence-electron chi connectivity index (χ1n) is 8.23. The number of aryl methyl sites for hydroxylation is 2. The molecule has 7 heteroatoms. The van der Waals surface area contributed by atoms with Gasteiger partial charge in [0, 0.05) is 17.3 Å². The van der Waals surface area contributed by atoms with Crippen molar-refractivity contribution in [3.63, 3.8) is 0 Å². The van der Waals surface area contributed by atoms with Gasteiger partial charge >= 0.3 is 0 Å². The summed E-state index contributed by atoms with van der Waals surface area (Å²) in [4.78, 5) is 24.8. The highest BCUT2D eigenvalue weighted by Crippen LogP contribution is 2.32. The van der Waals surface area contributed by atoms with E-state index >= 15 is 0 Å². The number of carbonyl (C=O) groups is 2. The van der Waals surface area contributed by atoms with Crippen molar-refractivity contribution in [1.29, 1.82) is 0 Å². The quantitative estimate of drug-likeness (QED) is 0.897. The van der Waals surface area contributed by atoms with E-state index in [0.29, 0.717) is 5.69 Å². The molecule has 0 aliphatic carbocycles. The van der Waals surface area contributed by atoms with E-state index in [1.807, 2.05) is 32.0 Å². The highest BCUT2D eigenvalue weighted by atomic mass is 32.2. The molecule has 0 saturated heterocycles. The summed E-state index contributed by atoms with van der Waals surface area (Å²) in [7, 11) is -3.93. The zero-order valence-corrected chi connectivity index (χ0v) is 15.8. The van der Waals surface area contributed by atoms with Gasteiger partial charge in [0.05, 0.1) is 5.56 Å². The molecule has 2 amide bonds. The molecule has 0 radical (unpaired) electrons. The lowest BCUT2D eigenvalue weighted by molar-refractivity contribution is 0.0846. The van der Waals surface area contributed by atoms with Crippen LogP contribution in [0.4, 0.5) is 5.69 Å². The van der Waals surface area contributed by atoms with Crippen molar-refractivity contribution in [3.8, 4) is 0 Å². The number of hydrogen-bond donors (Lipinski definition) is 1. The van der Waals surface area contributed by atoms with Crippen molar-refractivity contribution >= 4 is 27.5 Å². The average Bonchev–Trinajstić information content (AvgIpc) is 2.72. The Labute approximate surface area is 152 Å². The maximum Gasteiger partial charge on any atom is 0.269 e. The van der Waals surface area contributed by atoms with Crippen LogP contribution < -0.4 is 5.32 Å². The molecule has 136 valence electrons. The van der Waals surface area contributed by atoms with E-state index in [1.54, 1.807) is 13.8 Å². The van der Waals surface area contributed by atoms with Crippen LogP contribution in [-0.4, -0.2) is 30.6 Å². The molecule has 6 nitrogen and oxygen atoms in total. The van der Waals surface area contributed by atoms with Gasteiger partial charge in [0.25, 0.3) is 21.8 Å².